The summed E-state index contributed by atoms with van der Waals surface area (Å²) in [6.07, 6.45) is 2.26. The van der Waals surface area contributed by atoms with Crippen LogP contribution in [0.4, 0.5) is 0 Å². The molecule has 0 amide bonds. The summed E-state index contributed by atoms with van der Waals surface area (Å²) in [5, 5.41) is 1.14. The fourth-order valence-electron chi connectivity index (χ4n) is 2.63. The van der Waals surface area contributed by atoms with Gasteiger partial charge in [0.2, 0.25) is 0 Å². The summed E-state index contributed by atoms with van der Waals surface area (Å²) in [7, 11) is 0. The second kappa shape index (κ2) is 8.96. The summed E-state index contributed by atoms with van der Waals surface area (Å²) in [5.74, 6) is 0.269. The third-order valence-electron chi connectivity index (χ3n) is 3.85. The topological polar surface area (TPSA) is 52.6 Å². The van der Waals surface area contributed by atoms with Gasteiger partial charge in [-0.05, 0) is 0 Å². The number of hydrogen-bond donors (Lipinski definition) is 0. The number of carbonyl (C=O) groups is 2. The molecule has 0 saturated carbocycles. The van der Waals surface area contributed by atoms with Crippen molar-refractivity contribution in [3.8, 4) is 0 Å². The third kappa shape index (κ3) is 5.82. The first-order chi connectivity index (χ1) is 10.6. The van der Waals surface area contributed by atoms with Crippen molar-refractivity contribution in [2.75, 3.05) is 13.2 Å². The van der Waals surface area contributed by atoms with Gasteiger partial charge in [-0.15, -0.1) is 0 Å². The molecule has 0 radical (unpaired) electrons. The summed E-state index contributed by atoms with van der Waals surface area (Å²) in [6.45, 7) is 2.32. The average molecular weight is 369 g/mol. The van der Waals surface area contributed by atoms with E-state index in [2.05, 4.69) is 24.3 Å². The van der Waals surface area contributed by atoms with Crippen LogP contribution in [0, 0.1) is 11.8 Å². The van der Waals surface area contributed by atoms with Gasteiger partial charge in [-0.3, -0.25) is 0 Å². The number of esters is 2. The predicted octanol–water partition coefficient (Wildman–Crippen LogP) is 1.96. The summed E-state index contributed by atoms with van der Waals surface area (Å²) in [6, 6.07) is 10.5. The molecule has 5 heteroatoms. The first-order valence-corrected chi connectivity index (χ1v) is 9.69. The van der Waals surface area contributed by atoms with Crippen LogP contribution < -0.4 is 4.46 Å². The number of ether oxygens (including phenoxy) is 2. The molecule has 0 N–H and O–H groups in total. The Bertz CT molecular complexity index is 489. The van der Waals surface area contributed by atoms with Crippen LogP contribution in [0.5, 0.6) is 0 Å². The summed E-state index contributed by atoms with van der Waals surface area (Å²) in [5.41, 5.74) is 0. The van der Waals surface area contributed by atoms with Crippen molar-refractivity contribution in [1.82, 2.24) is 0 Å². The van der Waals surface area contributed by atoms with Crippen LogP contribution in [0.3, 0.4) is 0 Å². The first kappa shape index (κ1) is 17.0. The molecule has 2 rings (SSSR count). The molecule has 1 aliphatic heterocycles. The minimum atomic E-state index is -0.262. The standard InChI is InChI=1S/C17H22O4Se/c1-13(18)20-9-7-14-11-17(19)21-12-15(14)8-10-22-16-5-3-2-4-6-16/h2-6,14-15H,7-12H2,1H3/t14-,15+/m1/s1. The van der Waals surface area contributed by atoms with Gasteiger partial charge >= 0.3 is 137 Å². The van der Waals surface area contributed by atoms with Crippen molar-refractivity contribution in [3.63, 3.8) is 0 Å². The second-order valence-corrected chi connectivity index (χ2v) is 7.94. The number of cyclic esters (lactones) is 1. The molecule has 1 aromatic rings. The molecule has 0 unspecified atom stereocenters. The Morgan fingerprint density at radius 1 is 1.27 bits per heavy atom. The zero-order valence-corrected chi connectivity index (χ0v) is 14.5. The van der Waals surface area contributed by atoms with E-state index < -0.39 is 0 Å². The second-order valence-electron chi connectivity index (χ2n) is 5.49. The molecule has 0 aliphatic carbocycles. The number of hydrogen-bond acceptors (Lipinski definition) is 4. The Kier molecular flexibility index (Phi) is 6.94. The van der Waals surface area contributed by atoms with E-state index in [0.717, 1.165) is 18.2 Å². The van der Waals surface area contributed by atoms with Crippen LogP contribution >= 0.6 is 0 Å². The van der Waals surface area contributed by atoms with Crippen LogP contribution in [0.15, 0.2) is 30.3 Å². The van der Waals surface area contributed by atoms with Gasteiger partial charge in [0.25, 0.3) is 0 Å². The number of rotatable bonds is 7. The third-order valence-corrected chi connectivity index (χ3v) is 6.04. The van der Waals surface area contributed by atoms with Crippen molar-refractivity contribution in [2.24, 2.45) is 11.8 Å². The molecule has 4 nitrogen and oxygen atoms in total. The maximum atomic E-state index is 11.5. The van der Waals surface area contributed by atoms with Crippen molar-refractivity contribution in [3.05, 3.63) is 30.3 Å². The Labute approximate surface area is 137 Å². The van der Waals surface area contributed by atoms with E-state index in [1.807, 2.05) is 6.07 Å². The number of carbonyl (C=O) groups excluding carboxylic acids is 2. The molecule has 22 heavy (non-hydrogen) atoms. The van der Waals surface area contributed by atoms with Gasteiger partial charge in [0.05, 0.1) is 0 Å². The Morgan fingerprint density at radius 3 is 2.77 bits per heavy atom. The van der Waals surface area contributed by atoms with Gasteiger partial charge < -0.3 is 0 Å². The molecule has 1 aromatic carbocycles. The van der Waals surface area contributed by atoms with Crippen LogP contribution in [0.25, 0.3) is 0 Å². The average Bonchev–Trinajstić information content (AvgIpc) is 2.50. The van der Waals surface area contributed by atoms with Crippen LogP contribution in [0.1, 0.15) is 26.2 Å². The predicted molar refractivity (Wildman–Crippen MR) is 85.1 cm³/mol. The monoisotopic (exact) mass is 370 g/mol. The van der Waals surface area contributed by atoms with E-state index in [9.17, 15) is 9.59 Å². The van der Waals surface area contributed by atoms with Gasteiger partial charge in [-0.25, -0.2) is 0 Å². The molecule has 1 heterocycles. The van der Waals surface area contributed by atoms with Gasteiger partial charge in [-0.1, -0.05) is 0 Å². The van der Waals surface area contributed by atoms with Gasteiger partial charge in [0.15, 0.2) is 0 Å². The van der Waals surface area contributed by atoms with Crippen LogP contribution in [-0.2, 0) is 19.1 Å². The Morgan fingerprint density at radius 2 is 2.05 bits per heavy atom. The fourth-order valence-corrected chi connectivity index (χ4v) is 4.74. The van der Waals surface area contributed by atoms with Crippen LogP contribution in [0.2, 0.25) is 5.32 Å². The molecule has 2 atom stereocenters. The zero-order chi connectivity index (χ0) is 15.8. The van der Waals surface area contributed by atoms with Crippen molar-refractivity contribution in [1.29, 1.82) is 0 Å². The van der Waals surface area contributed by atoms with Crippen molar-refractivity contribution in [2.45, 2.75) is 31.5 Å². The van der Waals surface area contributed by atoms with Crippen molar-refractivity contribution >= 4 is 31.4 Å². The van der Waals surface area contributed by atoms with E-state index in [1.165, 1.54) is 11.4 Å². The van der Waals surface area contributed by atoms with E-state index in [0.29, 0.717) is 40.5 Å². The molecule has 1 fully saturated rings. The molecule has 1 aliphatic rings. The minimum absolute atomic E-state index is 0.127. The first-order valence-electron chi connectivity index (χ1n) is 7.62. The molecule has 120 valence electrons. The summed E-state index contributed by atoms with van der Waals surface area (Å²) < 4.78 is 11.6. The Hall–Kier alpha value is -1.32. The van der Waals surface area contributed by atoms with Crippen molar-refractivity contribution < 1.29 is 19.1 Å². The van der Waals surface area contributed by atoms with Gasteiger partial charge in [0.1, 0.15) is 0 Å². The Balaban J connectivity index is 1.78. The summed E-state index contributed by atoms with van der Waals surface area (Å²) >= 11 is 0.461. The normalized spacial score (nSPS) is 21.2. The molecule has 0 aromatic heterocycles. The zero-order valence-electron chi connectivity index (χ0n) is 12.8. The van der Waals surface area contributed by atoms with E-state index in [1.54, 1.807) is 0 Å². The quantitative estimate of drug-likeness (QED) is 0.545. The SMILES string of the molecule is CC(=O)OCC[C@@H]1CC(=O)OC[C@@H]1CC[Se]c1ccccc1. The van der Waals surface area contributed by atoms with Gasteiger partial charge in [0, 0.05) is 0 Å². The number of benzene rings is 1. The molecular formula is C17H22O4Se. The molecule has 1 saturated heterocycles. The van der Waals surface area contributed by atoms with E-state index >= 15 is 0 Å². The fraction of sp³-hybridized carbons (Fsp3) is 0.529. The van der Waals surface area contributed by atoms with E-state index in [-0.39, 0.29) is 17.9 Å². The van der Waals surface area contributed by atoms with Gasteiger partial charge in [-0.2, -0.15) is 0 Å². The molecular weight excluding hydrogens is 347 g/mol. The molecule has 0 spiro atoms. The van der Waals surface area contributed by atoms with Crippen LogP contribution in [-0.4, -0.2) is 40.1 Å². The maximum absolute atomic E-state index is 11.5. The van der Waals surface area contributed by atoms with E-state index in [4.69, 9.17) is 9.47 Å². The molecule has 0 bridgehead atoms. The summed E-state index contributed by atoms with van der Waals surface area (Å²) in [4.78, 5) is 22.3.